The van der Waals surface area contributed by atoms with Crippen LogP contribution in [0, 0.1) is 0 Å². The van der Waals surface area contributed by atoms with Crippen LogP contribution in [-0.4, -0.2) is 43.2 Å². The molecule has 1 unspecified atom stereocenters. The Morgan fingerprint density at radius 3 is 2.65 bits per heavy atom. The van der Waals surface area contributed by atoms with Gasteiger partial charge in [0, 0.05) is 6.42 Å². The first-order valence-corrected chi connectivity index (χ1v) is 6.59. The van der Waals surface area contributed by atoms with Crippen LogP contribution in [0.5, 0.6) is 5.75 Å². The topological polar surface area (TPSA) is 102 Å². The van der Waals surface area contributed by atoms with Gasteiger partial charge in [0.15, 0.2) is 0 Å². The van der Waals surface area contributed by atoms with Gasteiger partial charge in [-0.15, -0.1) is 11.3 Å². The quantitative estimate of drug-likeness (QED) is 0.725. The predicted molar refractivity (Wildman–Crippen MR) is 71.0 cm³/mol. The third-order valence-electron chi connectivity index (χ3n) is 2.52. The first-order chi connectivity index (χ1) is 9.49. The second-order valence-corrected chi connectivity index (χ2v) is 4.71. The van der Waals surface area contributed by atoms with Crippen molar-refractivity contribution in [3.63, 3.8) is 0 Å². The number of aliphatic carboxylic acids is 1. The molecule has 0 saturated heterocycles. The molecule has 1 heterocycles. The van der Waals surface area contributed by atoms with E-state index in [4.69, 9.17) is 9.84 Å². The fourth-order valence-electron chi connectivity index (χ4n) is 1.47. The van der Waals surface area contributed by atoms with E-state index in [9.17, 15) is 14.4 Å². The highest BCUT2D eigenvalue weighted by molar-refractivity contribution is 7.12. The first-order valence-electron chi connectivity index (χ1n) is 5.71. The van der Waals surface area contributed by atoms with Crippen LogP contribution in [-0.2, 0) is 14.3 Å². The Hall–Kier alpha value is -2.09. The van der Waals surface area contributed by atoms with Gasteiger partial charge in [-0.2, -0.15) is 0 Å². The van der Waals surface area contributed by atoms with Gasteiger partial charge in [-0.05, 0) is 17.9 Å². The van der Waals surface area contributed by atoms with E-state index in [-0.39, 0.29) is 17.7 Å². The highest BCUT2D eigenvalue weighted by Gasteiger charge is 2.24. The summed E-state index contributed by atoms with van der Waals surface area (Å²) in [5, 5.41) is 13.1. The van der Waals surface area contributed by atoms with Crippen LogP contribution in [0.15, 0.2) is 11.4 Å². The number of carbonyl (C=O) groups is 3. The van der Waals surface area contributed by atoms with E-state index >= 15 is 0 Å². The average molecular weight is 301 g/mol. The molecule has 1 rings (SSSR count). The van der Waals surface area contributed by atoms with Crippen molar-refractivity contribution in [3.8, 4) is 5.75 Å². The normalized spacial score (nSPS) is 11.5. The Bertz CT molecular complexity index is 498. The van der Waals surface area contributed by atoms with E-state index in [1.807, 2.05) is 0 Å². The smallest absolute Gasteiger partial charge is 0.326 e. The molecule has 0 fully saturated rings. The summed E-state index contributed by atoms with van der Waals surface area (Å²) in [6.45, 7) is 0. The highest BCUT2D eigenvalue weighted by atomic mass is 32.1. The highest BCUT2D eigenvalue weighted by Crippen LogP contribution is 2.24. The van der Waals surface area contributed by atoms with Crippen LogP contribution in [0.3, 0.4) is 0 Å². The van der Waals surface area contributed by atoms with Gasteiger partial charge in [0.2, 0.25) is 0 Å². The zero-order chi connectivity index (χ0) is 15.1. The third kappa shape index (κ3) is 4.23. The monoisotopic (exact) mass is 301 g/mol. The van der Waals surface area contributed by atoms with Crippen molar-refractivity contribution < 1.29 is 29.0 Å². The number of carbonyl (C=O) groups excluding carboxylic acids is 2. The third-order valence-corrected chi connectivity index (χ3v) is 3.42. The van der Waals surface area contributed by atoms with Crippen molar-refractivity contribution >= 4 is 29.2 Å². The summed E-state index contributed by atoms with van der Waals surface area (Å²) in [4.78, 5) is 34.3. The molecule has 0 aliphatic carbocycles. The Morgan fingerprint density at radius 2 is 2.10 bits per heavy atom. The van der Waals surface area contributed by atoms with Gasteiger partial charge in [0.05, 0.1) is 14.2 Å². The zero-order valence-corrected chi connectivity index (χ0v) is 11.9. The van der Waals surface area contributed by atoms with Crippen molar-refractivity contribution in [3.05, 3.63) is 16.3 Å². The minimum absolute atomic E-state index is 0.0402. The number of carboxylic acids is 1. The average Bonchev–Trinajstić information content (AvgIpc) is 2.90. The zero-order valence-electron chi connectivity index (χ0n) is 11.0. The molecule has 0 bridgehead atoms. The molecule has 7 nitrogen and oxygen atoms in total. The Morgan fingerprint density at radius 1 is 1.40 bits per heavy atom. The number of methoxy groups -OCH3 is 2. The van der Waals surface area contributed by atoms with E-state index in [2.05, 4.69) is 10.1 Å². The van der Waals surface area contributed by atoms with Crippen LogP contribution in [0.25, 0.3) is 0 Å². The number of ether oxygens (including phenoxy) is 2. The predicted octanol–water partition coefficient (Wildman–Crippen LogP) is 0.893. The van der Waals surface area contributed by atoms with E-state index in [1.54, 1.807) is 11.4 Å². The van der Waals surface area contributed by atoms with Crippen molar-refractivity contribution in [1.82, 2.24) is 5.32 Å². The van der Waals surface area contributed by atoms with E-state index in [1.165, 1.54) is 14.2 Å². The van der Waals surface area contributed by atoms with E-state index < -0.39 is 23.9 Å². The summed E-state index contributed by atoms with van der Waals surface area (Å²) >= 11 is 1.14. The van der Waals surface area contributed by atoms with Gasteiger partial charge in [-0.3, -0.25) is 9.59 Å². The molecule has 0 spiro atoms. The summed E-state index contributed by atoms with van der Waals surface area (Å²) in [6.07, 6.45) is -0.128. The molecule has 0 aromatic carbocycles. The lowest BCUT2D eigenvalue weighted by molar-refractivity contribution is -0.142. The van der Waals surface area contributed by atoms with Crippen LogP contribution < -0.4 is 10.1 Å². The second-order valence-electron chi connectivity index (χ2n) is 3.80. The molecule has 1 aromatic heterocycles. The summed E-state index contributed by atoms with van der Waals surface area (Å²) in [6, 6.07) is 0.456. The Kier molecular flexibility index (Phi) is 5.98. The molecule has 20 heavy (non-hydrogen) atoms. The first kappa shape index (κ1) is 16.0. The number of carboxylic acid groups (broad SMARTS) is 1. The maximum atomic E-state index is 12.0. The van der Waals surface area contributed by atoms with Gasteiger partial charge in [0.1, 0.15) is 16.7 Å². The fourth-order valence-corrected chi connectivity index (χ4v) is 2.23. The Labute approximate surface area is 119 Å². The number of rotatable bonds is 7. The van der Waals surface area contributed by atoms with Crippen LogP contribution in [0.2, 0.25) is 0 Å². The molecule has 8 heteroatoms. The van der Waals surface area contributed by atoms with Crippen LogP contribution >= 0.6 is 11.3 Å². The molecule has 1 amide bonds. The van der Waals surface area contributed by atoms with Gasteiger partial charge in [-0.1, -0.05) is 0 Å². The van der Waals surface area contributed by atoms with Crippen LogP contribution in [0.1, 0.15) is 22.5 Å². The number of hydrogen-bond donors (Lipinski definition) is 2. The molecule has 0 aliphatic heterocycles. The van der Waals surface area contributed by atoms with E-state index in [0.717, 1.165) is 11.3 Å². The SMILES string of the molecule is COC(=O)CCC(NC(=O)c1sccc1OC)C(=O)O. The molecule has 0 aliphatic rings. The molecular weight excluding hydrogens is 286 g/mol. The molecular formula is C12H15NO6S. The summed E-state index contributed by atoms with van der Waals surface area (Å²) < 4.78 is 9.42. The van der Waals surface area contributed by atoms with Gasteiger partial charge in [0.25, 0.3) is 5.91 Å². The number of amides is 1. The lowest BCUT2D eigenvalue weighted by Crippen LogP contribution is -2.41. The largest absolute Gasteiger partial charge is 0.495 e. The minimum Gasteiger partial charge on any atom is -0.495 e. The number of nitrogens with one attached hydrogen (secondary N) is 1. The number of esters is 1. The maximum absolute atomic E-state index is 12.0. The summed E-state index contributed by atoms with van der Waals surface area (Å²) in [7, 11) is 2.64. The second kappa shape index (κ2) is 7.49. The van der Waals surface area contributed by atoms with Crippen molar-refractivity contribution in [1.29, 1.82) is 0 Å². The van der Waals surface area contributed by atoms with Crippen LogP contribution in [0.4, 0.5) is 0 Å². The summed E-state index contributed by atoms with van der Waals surface area (Å²) in [5.74, 6) is -1.91. The Balaban J connectivity index is 2.68. The lowest BCUT2D eigenvalue weighted by Gasteiger charge is -2.13. The number of thiophene rings is 1. The van der Waals surface area contributed by atoms with Crippen molar-refractivity contribution in [2.24, 2.45) is 0 Å². The van der Waals surface area contributed by atoms with Gasteiger partial charge < -0.3 is 19.9 Å². The van der Waals surface area contributed by atoms with Crippen molar-refractivity contribution in [2.45, 2.75) is 18.9 Å². The van der Waals surface area contributed by atoms with Gasteiger partial charge in [-0.25, -0.2) is 4.79 Å². The number of hydrogen-bond acceptors (Lipinski definition) is 6. The molecule has 1 atom stereocenters. The molecule has 0 radical (unpaired) electrons. The lowest BCUT2D eigenvalue weighted by atomic mass is 10.1. The molecule has 110 valence electrons. The standard InChI is InChI=1S/C12H15NO6S/c1-18-8-5-6-20-10(8)11(15)13-7(12(16)17)3-4-9(14)19-2/h5-7H,3-4H2,1-2H3,(H,13,15)(H,16,17). The van der Waals surface area contributed by atoms with Gasteiger partial charge >= 0.3 is 11.9 Å². The maximum Gasteiger partial charge on any atom is 0.326 e. The summed E-state index contributed by atoms with van der Waals surface area (Å²) in [5.41, 5.74) is 0. The van der Waals surface area contributed by atoms with E-state index in [0.29, 0.717) is 5.75 Å². The van der Waals surface area contributed by atoms with Crippen molar-refractivity contribution in [2.75, 3.05) is 14.2 Å². The molecule has 2 N–H and O–H groups in total. The fraction of sp³-hybridized carbons (Fsp3) is 0.417. The molecule has 1 aromatic rings. The molecule has 0 saturated carbocycles. The minimum atomic E-state index is -1.21.